The molecule has 2 nitrogen and oxygen atoms in total. The predicted octanol–water partition coefficient (Wildman–Crippen LogP) is 3.77. The molecule has 1 heterocycles. The summed E-state index contributed by atoms with van der Waals surface area (Å²) in [6, 6.07) is 7.84. The van der Waals surface area contributed by atoms with Crippen molar-refractivity contribution in [3.05, 3.63) is 45.4 Å². The molecule has 0 bridgehead atoms. The Hall–Kier alpha value is -1.61. The first-order valence-electron chi connectivity index (χ1n) is 5.69. The van der Waals surface area contributed by atoms with E-state index in [4.69, 9.17) is 5.73 Å². The lowest BCUT2D eigenvalue weighted by molar-refractivity contribution is 1.04. The van der Waals surface area contributed by atoms with Gasteiger partial charge in [0, 0.05) is 10.6 Å². The van der Waals surface area contributed by atoms with E-state index in [1.54, 1.807) is 11.3 Å². The maximum atomic E-state index is 5.73. The first-order chi connectivity index (χ1) is 8.19. The van der Waals surface area contributed by atoms with E-state index in [-0.39, 0.29) is 0 Å². The maximum absolute atomic E-state index is 5.73. The van der Waals surface area contributed by atoms with E-state index in [0.717, 1.165) is 22.7 Å². The SMILES string of the molecule is CCc1nc(C=Cc2cccc(N)c2)sc1C. The predicted molar refractivity (Wildman–Crippen MR) is 76.0 cm³/mol. The maximum Gasteiger partial charge on any atom is 0.116 e. The molecule has 0 atom stereocenters. The Bertz CT molecular complexity index is 541. The highest BCUT2D eigenvalue weighted by molar-refractivity contribution is 7.12. The van der Waals surface area contributed by atoms with E-state index in [9.17, 15) is 0 Å². The van der Waals surface area contributed by atoms with Gasteiger partial charge in [0.05, 0.1) is 5.69 Å². The smallest absolute Gasteiger partial charge is 0.116 e. The minimum absolute atomic E-state index is 0.789. The molecule has 0 fully saturated rings. The molecule has 2 aromatic rings. The fourth-order valence-electron chi connectivity index (χ4n) is 1.68. The van der Waals surface area contributed by atoms with Crippen LogP contribution in [0.4, 0.5) is 5.69 Å². The largest absolute Gasteiger partial charge is 0.399 e. The number of hydrogen-bond donors (Lipinski definition) is 1. The lowest BCUT2D eigenvalue weighted by atomic mass is 10.2. The molecule has 1 aromatic heterocycles. The lowest BCUT2D eigenvalue weighted by Gasteiger charge is -1.94. The average Bonchev–Trinajstić information content (AvgIpc) is 2.67. The zero-order valence-electron chi connectivity index (χ0n) is 10.1. The number of nitrogens with two attached hydrogens (primary N) is 1. The van der Waals surface area contributed by atoms with Crippen LogP contribution in [0.5, 0.6) is 0 Å². The third-order valence-electron chi connectivity index (χ3n) is 2.57. The van der Waals surface area contributed by atoms with Crippen molar-refractivity contribution in [1.29, 1.82) is 0 Å². The van der Waals surface area contributed by atoms with Crippen molar-refractivity contribution in [3.63, 3.8) is 0 Å². The number of hydrogen-bond acceptors (Lipinski definition) is 3. The van der Waals surface area contributed by atoms with Gasteiger partial charge in [0.2, 0.25) is 0 Å². The molecular formula is C14H16N2S. The standard InChI is InChI=1S/C14H16N2S/c1-3-13-10(2)17-14(16-13)8-7-11-5-4-6-12(15)9-11/h4-9H,3,15H2,1-2H3. The molecule has 2 rings (SSSR count). The molecule has 0 saturated heterocycles. The van der Waals surface area contributed by atoms with Gasteiger partial charge in [0.15, 0.2) is 0 Å². The number of aromatic nitrogens is 1. The molecule has 0 amide bonds. The highest BCUT2D eigenvalue weighted by Gasteiger charge is 2.02. The zero-order valence-corrected chi connectivity index (χ0v) is 10.9. The minimum atomic E-state index is 0.789. The number of benzene rings is 1. The summed E-state index contributed by atoms with van der Waals surface area (Å²) in [5, 5.41) is 1.06. The van der Waals surface area contributed by atoms with Crippen molar-refractivity contribution in [1.82, 2.24) is 4.98 Å². The second-order valence-electron chi connectivity index (χ2n) is 3.91. The monoisotopic (exact) mass is 244 g/mol. The van der Waals surface area contributed by atoms with Crippen molar-refractivity contribution < 1.29 is 0 Å². The second kappa shape index (κ2) is 5.15. The van der Waals surface area contributed by atoms with Gasteiger partial charge in [-0.25, -0.2) is 4.98 Å². The van der Waals surface area contributed by atoms with Crippen LogP contribution < -0.4 is 5.73 Å². The molecule has 17 heavy (non-hydrogen) atoms. The number of nitrogens with zero attached hydrogens (tertiary/aromatic N) is 1. The van der Waals surface area contributed by atoms with Gasteiger partial charge < -0.3 is 5.73 Å². The minimum Gasteiger partial charge on any atom is -0.399 e. The topological polar surface area (TPSA) is 38.9 Å². The Morgan fingerprint density at radius 1 is 1.35 bits per heavy atom. The molecule has 0 aliphatic carbocycles. The fraction of sp³-hybridized carbons (Fsp3) is 0.214. The van der Waals surface area contributed by atoms with Gasteiger partial charge in [0.25, 0.3) is 0 Å². The Morgan fingerprint density at radius 2 is 2.18 bits per heavy atom. The van der Waals surface area contributed by atoms with Crippen molar-refractivity contribution in [2.24, 2.45) is 0 Å². The van der Waals surface area contributed by atoms with Crippen LogP contribution in [0, 0.1) is 6.92 Å². The summed E-state index contributed by atoms with van der Waals surface area (Å²) in [5.41, 5.74) is 8.82. The first-order valence-corrected chi connectivity index (χ1v) is 6.50. The summed E-state index contributed by atoms with van der Waals surface area (Å²) in [6.45, 7) is 4.25. The number of aryl methyl sites for hydroxylation is 2. The van der Waals surface area contributed by atoms with Crippen LogP contribution in [-0.4, -0.2) is 4.98 Å². The van der Waals surface area contributed by atoms with Crippen LogP contribution in [0.25, 0.3) is 12.2 Å². The van der Waals surface area contributed by atoms with Crippen LogP contribution in [-0.2, 0) is 6.42 Å². The molecule has 0 unspecified atom stereocenters. The van der Waals surface area contributed by atoms with E-state index in [0.29, 0.717) is 0 Å². The van der Waals surface area contributed by atoms with Crippen molar-refractivity contribution >= 4 is 29.2 Å². The Morgan fingerprint density at radius 3 is 2.82 bits per heavy atom. The van der Waals surface area contributed by atoms with E-state index in [1.807, 2.05) is 36.4 Å². The van der Waals surface area contributed by atoms with Crippen LogP contribution in [0.2, 0.25) is 0 Å². The Kier molecular flexibility index (Phi) is 3.59. The molecular weight excluding hydrogens is 228 g/mol. The molecule has 0 spiro atoms. The van der Waals surface area contributed by atoms with Gasteiger partial charge in [-0.15, -0.1) is 11.3 Å². The third-order valence-corrected chi connectivity index (χ3v) is 3.55. The number of rotatable bonds is 3. The average molecular weight is 244 g/mol. The van der Waals surface area contributed by atoms with Crippen molar-refractivity contribution in [2.45, 2.75) is 20.3 Å². The molecule has 0 aliphatic rings. The quantitative estimate of drug-likeness (QED) is 0.835. The van der Waals surface area contributed by atoms with Crippen LogP contribution in [0.3, 0.4) is 0 Å². The van der Waals surface area contributed by atoms with Gasteiger partial charge in [-0.2, -0.15) is 0 Å². The van der Waals surface area contributed by atoms with Gasteiger partial charge in [-0.3, -0.25) is 0 Å². The highest BCUT2D eigenvalue weighted by Crippen LogP contribution is 2.20. The second-order valence-corrected chi connectivity index (χ2v) is 5.15. The van der Waals surface area contributed by atoms with Crippen molar-refractivity contribution in [3.8, 4) is 0 Å². The summed E-state index contributed by atoms with van der Waals surface area (Å²) in [4.78, 5) is 5.87. The zero-order chi connectivity index (χ0) is 12.3. The molecule has 3 heteroatoms. The van der Waals surface area contributed by atoms with Gasteiger partial charge in [0.1, 0.15) is 5.01 Å². The summed E-state index contributed by atoms with van der Waals surface area (Å²) in [5.74, 6) is 0. The molecule has 0 saturated carbocycles. The summed E-state index contributed by atoms with van der Waals surface area (Å²) < 4.78 is 0. The molecule has 1 aromatic carbocycles. The number of anilines is 1. The highest BCUT2D eigenvalue weighted by atomic mass is 32.1. The van der Waals surface area contributed by atoms with E-state index in [1.165, 1.54) is 10.6 Å². The molecule has 2 N–H and O–H groups in total. The van der Waals surface area contributed by atoms with Gasteiger partial charge in [-0.05, 0) is 37.1 Å². The van der Waals surface area contributed by atoms with Crippen molar-refractivity contribution in [2.75, 3.05) is 5.73 Å². The molecule has 0 aliphatic heterocycles. The summed E-state index contributed by atoms with van der Waals surface area (Å²) >= 11 is 1.73. The normalized spacial score (nSPS) is 11.2. The van der Waals surface area contributed by atoms with Gasteiger partial charge >= 0.3 is 0 Å². The summed E-state index contributed by atoms with van der Waals surface area (Å²) in [7, 11) is 0. The number of thiazole rings is 1. The third kappa shape index (κ3) is 2.94. The van der Waals surface area contributed by atoms with Crippen LogP contribution >= 0.6 is 11.3 Å². The van der Waals surface area contributed by atoms with E-state index < -0.39 is 0 Å². The van der Waals surface area contributed by atoms with Crippen LogP contribution in [0.1, 0.15) is 28.1 Å². The summed E-state index contributed by atoms with van der Waals surface area (Å²) in [6.07, 6.45) is 5.09. The Balaban J connectivity index is 2.20. The van der Waals surface area contributed by atoms with E-state index in [2.05, 4.69) is 18.8 Å². The van der Waals surface area contributed by atoms with Crippen LogP contribution in [0.15, 0.2) is 24.3 Å². The lowest BCUT2D eigenvalue weighted by Crippen LogP contribution is -1.83. The molecule has 0 radical (unpaired) electrons. The van der Waals surface area contributed by atoms with E-state index >= 15 is 0 Å². The first kappa shape index (κ1) is 11.9. The van der Waals surface area contributed by atoms with Gasteiger partial charge in [-0.1, -0.05) is 25.1 Å². The Labute approximate surface area is 106 Å². The number of nitrogen functional groups attached to an aromatic ring is 1. The fourth-order valence-corrected chi connectivity index (χ4v) is 2.59. The molecule has 88 valence electrons.